The van der Waals surface area contributed by atoms with Crippen LogP contribution < -0.4 is 0 Å². The summed E-state index contributed by atoms with van der Waals surface area (Å²) in [6.45, 7) is 0. The summed E-state index contributed by atoms with van der Waals surface area (Å²) >= 11 is 0. The number of carboxylic acids is 1. The quantitative estimate of drug-likeness (QED) is 0.604. The molecule has 0 aromatic carbocycles. The Hall–Kier alpha value is -2.68. The molecule has 6 heteroatoms. The molecule has 0 fully saturated rings. The number of carbonyl (C=O) groups is 3. The molecule has 0 radical (unpaired) electrons. The van der Waals surface area contributed by atoms with E-state index in [1.165, 1.54) is 18.5 Å². The van der Waals surface area contributed by atoms with Crippen molar-refractivity contribution in [3.05, 3.63) is 29.6 Å². The van der Waals surface area contributed by atoms with Gasteiger partial charge in [0.15, 0.2) is 0 Å². The van der Waals surface area contributed by atoms with Gasteiger partial charge in [-0.15, -0.1) is 12.3 Å². The molecular formula is C12H8N2O4. The standard InChI is InChI=1S/C12H8N2O4/c1-2-3-9(12(17)18)14-10(15)7-4-5-13-6-8(7)11(14)16/h1,4-6,9H,3H2,(H,17,18). The van der Waals surface area contributed by atoms with Crippen LogP contribution in [-0.2, 0) is 4.79 Å². The van der Waals surface area contributed by atoms with E-state index >= 15 is 0 Å². The number of carboxylic acid groups (broad SMARTS) is 1. The van der Waals surface area contributed by atoms with Gasteiger partial charge < -0.3 is 5.11 Å². The van der Waals surface area contributed by atoms with E-state index < -0.39 is 23.8 Å². The molecule has 1 atom stereocenters. The number of carbonyl (C=O) groups excluding carboxylic acids is 2. The van der Waals surface area contributed by atoms with E-state index in [-0.39, 0.29) is 17.5 Å². The topological polar surface area (TPSA) is 87.6 Å². The lowest BCUT2D eigenvalue weighted by atomic mass is 10.2. The van der Waals surface area contributed by atoms with Crippen LogP contribution in [0.5, 0.6) is 0 Å². The first-order valence-electron chi connectivity index (χ1n) is 5.06. The maximum Gasteiger partial charge on any atom is 0.327 e. The fourth-order valence-corrected chi connectivity index (χ4v) is 1.79. The van der Waals surface area contributed by atoms with E-state index in [4.69, 9.17) is 11.5 Å². The van der Waals surface area contributed by atoms with Crippen LogP contribution in [0.4, 0.5) is 0 Å². The number of hydrogen-bond acceptors (Lipinski definition) is 4. The fourth-order valence-electron chi connectivity index (χ4n) is 1.79. The monoisotopic (exact) mass is 244 g/mol. The number of aliphatic carboxylic acids is 1. The van der Waals surface area contributed by atoms with Crippen molar-refractivity contribution in [2.45, 2.75) is 12.5 Å². The van der Waals surface area contributed by atoms with Crippen molar-refractivity contribution in [2.75, 3.05) is 0 Å². The Balaban J connectivity index is 2.45. The minimum atomic E-state index is -1.35. The maximum absolute atomic E-state index is 12.0. The second-order valence-electron chi connectivity index (χ2n) is 3.66. The van der Waals surface area contributed by atoms with Crippen molar-refractivity contribution in [3.63, 3.8) is 0 Å². The predicted molar refractivity (Wildman–Crippen MR) is 59.6 cm³/mol. The number of imide groups is 1. The van der Waals surface area contributed by atoms with Gasteiger partial charge in [-0.3, -0.25) is 19.5 Å². The van der Waals surface area contributed by atoms with Gasteiger partial charge in [0, 0.05) is 18.8 Å². The molecule has 1 aromatic heterocycles. The Kier molecular flexibility index (Phi) is 2.81. The largest absolute Gasteiger partial charge is 0.480 e. The van der Waals surface area contributed by atoms with E-state index in [1.807, 2.05) is 0 Å². The Morgan fingerprint density at radius 1 is 1.44 bits per heavy atom. The summed E-state index contributed by atoms with van der Waals surface area (Å²) in [5.41, 5.74) is 0.254. The smallest absolute Gasteiger partial charge is 0.327 e. The summed E-state index contributed by atoms with van der Waals surface area (Å²) in [7, 11) is 0. The van der Waals surface area contributed by atoms with Gasteiger partial charge in [0.1, 0.15) is 6.04 Å². The minimum absolute atomic E-state index is 0.103. The first-order valence-corrected chi connectivity index (χ1v) is 5.06. The average molecular weight is 244 g/mol. The number of amides is 2. The molecule has 0 aliphatic carbocycles. The third kappa shape index (κ3) is 1.62. The normalized spacial score (nSPS) is 15.2. The van der Waals surface area contributed by atoms with Gasteiger partial charge in [-0.05, 0) is 6.07 Å². The van der Waals surface area contributed by atoms with Gasteiger partial charge in [-0.25, -0.2) is 4.79 Å². The van der Waals surface area contributed by atoms with E-state index in [1.54, 1.807) is 0 Å². The molecule has 0 spiro atoms. The lowest BCUT2D eigenvalue weighted by molar-refractivity contribution is -0.141. The number of pyridine rings is 1. The zero-order valence-electron chi connectivity index (χ0n) is 9.16. The van der Waals surface area contributed by atoms with Crippen LogP contribution in [0.2, 0.25) is 0 Å². The third-order valence-corrected chi connectivity index (χ3v) is 2.63. The van der Waals surface area contributed by atoms with Crippen molar-refractivity contribution in [2.24, 2.45) is 0 Å². The highest BCUT2D eigenvalue weighted by molar-refractivity contribution is 6.22. The highest BCUT2D eigenvalue weighted by atomic mass is 16.4. The summed E-state index contributed by atoms with van der Waals surface area (Å²) in [6.07, 6.45) is 7.43. The number of fused-ring (bicyclic) bond motifs is 1. The van der Waals surface area contributed by atoms with Crippen LogP contribution in [0, 0.1) is 12.3 Å². The van der Waals surface area contributed by atoms with E-state index in [0.29, 0.717) is 4.90 Å². The molecule has 1 aliphatic rings. The number of rotatable bonds is 3. The highest BCUT2D eigenvalue weighted by Crippen LogP contribution is 2.24. The minimum Gasteiger partial charge on any atom is -0.480 e. The Morgan fingerprint density at radius 2 is 2.11 bits per heavy atom. The van der Waals surface area contributed by atoms with Crippen LogP contribution in [0.15, 0.2) is 18.5 Å². The first kappa shape index (κ1) is 11.8. The molecule has 1 N–H and O–H groups in total. The van der Waals surface area contributed by atoms with Crippen molar-refractivity contribution in [1.82, 2.24) is 9.88 Å². The van der Waals surface area contributed by atoms with Gasteiger partial charge in [-0.1, -0.05) is 0 Å². The van der Waals surface area contributed by atoms with Crippen molar-refractivity contribution in [1.29, 1.82) is 0 Å². The molecule has 1 unspecified atom stereocenters. The summed E-state index contributed by atoms with van der Waals surface area (Å²) < 4.78 is 0. The van der Waals surface area contributed by atoms with Crippen LogP contribution in [0.25, 0.3) is 0 Å². The van der Waals surface area contributed by atoms with Crippen LogP contribution in [0.1, 0.15) is 27.1 Å². The zero-order chi connectivity index (χ0) is 13.3. The molecule has 2 heterocycles. The SMILES string of the molecule is C#CCC(C(=O)O)N1C(=O)c2ccncc2C1=O. The summed E-state index contributed by atoms with van der Waals surface area (Å²) in [4.78, 5) is 39.4. The highest BCUT2D eigenvalue weighted by Gasteiger charge is 2.42. The van der Waals surface area contributed by atoms with E-state index in [2.05, 4.69) is 10.9 Å². The second kappa shape index (κ2) is 4.30. The lowest BCUT2D eigenvalue weighted by Gasteiger charge is -2.20. The Bertz CT molecular complexity index is 553. The van der Waals surface area contributed by atoms with E-state index in [9.17, 15) is 14.4 Å². The van der Waals surface area contributed by atoms with Crippen LogP contribution >= 0.6 is 0 Å². The van der Waals surface area contributed by atoms with Crippen LogP contribution in [-0.4, -0.2) is 38.8 Å². The molecule has 2 amide bonds. The molecule has 18 heavy (non-hydrogen) atoms. The van der Waals surface area contributed by atoms with Gasteiger partial charge in [0.25, 0.3) is 11.8 Å². The van der Waals surface area contributed by atoms with Gasteiger partial charge in [0.05, 0.1) is 11.1 Å². The third-order valence-electron chi connectivity index (χ3n) is 2.63. The molecule has 90 valence electrons. The van der Waals surface area contributed by atoms with E-state index in [0.717, 1.165) is 0 Å². The van der Waals surface area contributed by atoms with Crippen molar-refractivity contribution in [3.8, 4) is 12.3 Å². The van der Waals surface area contributed by atoms with Crippen molar-refractivity contribution < 1.29 is 19.5 Å². The molecular weight excluding hydrogens is 236 g/mol. The number of terminal acetylenes is 1. The zero-order valence-corrected chi connectivity index (χ0v) is 9.16. The summed E-state index contributed by atoms with van der Waals surface area (Å²) in [5, 5.41) is 9.02. The summed E-state index contributed by atoms with van der Waals surface area (Å²) in [5.74, 6) is -0.486. The van der Waals surface area contributed by atoms with Gasteiger partial charge in [0.2, 0.25) is 0 Å². The maximum atomic E-state index is 12.0. The van der Waals surface area contributed by atoms with Crippen LogP contribution in [0.3, 0.4) is 0 Å². The fraction of sp³-hybridized carbons (Fsp3) is 0.167. The first-order chi connectivity index (χ1) is 8.57. The molecule has 0 saturated heterocycles. The predicted octanol–water partition coefficient (Wildman–Crippen LogP) is 0.154. The molecule has 1 aromatic rings. The molecule has 6 nitrogen and oxygen atoms in total. The lowest BCUT2D eigenvalue weighted by Crippen LogP contribution is -2.44. The Morgan fingerprint density at radius 3 is 2.67 bits per heavy atom. The summed E-state index contributed by atoms with van der Waals surface area (Å²) in [6, 6.07) is 0.0343. The molecule has 2 rings (SSSR count). The van der Waals surface area contributed by atoms with Crippen molar-refractivity contribution >= 4 is 17.8 Å². The molecule has 1 aliphatic heterocycles. The average Bonchev–Trinajstić information content (AvgIpc) is 2.60. The molecule has 0 bridgehead atoms. The van der Waals surface area contributed by atoms with Gasteiger partial charge in [-0.2, -0.15) is 0 Å². The van der Waals surface area contributed by atoms with Gasteiger partial charge >= 0.3 is 5.97 Å². The molecule has 0 saturated carbocycles. The number of aromatic nitrogens is 1. The number of nitrogens with zero attached hydrogens (tertiary/aromatic N) is 2. The second-order valence-corrected chi connectivity index (χ2v) is 3.66. The number of hydrogen-bond donors (Lipinski definition) is 1. The Labute approximate surface area is 102 Å².